The number of esters is 2. The third-order valence-corrected chi connectivity index (χ3v) is 5.44. The van der Waals surface area contributed by atoms with E-state index in [-0.39, 0.29) is 26.4 Å². The van der Waals surface area contributed by atoms with Crippen molar-refractivity contribution in [2.45, 2.75) is 4.90 Å². The van der Waals surface area contributed by atoms with Crippen molar-refractivity contribution >= 4 is 43.6 Å². The molecule has 0 saturated heterocycles. The van der Waals surface area contributed by atoms with Gasteiger partial charge < -0.3 is 14.2 Å². The maximum atomic E-state index is 13.1. The molecule has 0 spiro atoms. The number of rotatable bonds is 7. The summed E-state index contributed by atoms with van der Waals surface area (Å²) in [4.78, 5) is 23.4. The van der Waals surface area contributed by atoms with Crippen LogP contribution in [0.5, 0.6) is 5.75 Å². The van der Waals surface area contributed by atoms with Gasteiger partial charge in [0.25, 0.3) is 10.0 Å². The normalized spacial score (nSPS) is 10.9. The van der Waals surface area contributed by atoms with Crippen molar-refractivity contribution in [3.8, 4) is 5.75 Å². The first-order chi connectivity index (χ1) is 13.2. The second kappa shape index (κ2) is 9.02. The Bertz CT molecular complexity index is 993. The van der Waals surface area contributed by atoms with Gasteiger partial charge in [0.15, 0.2) is 12.4 Å². The predicted molar refractivity (Wildman–Crippen MR) is 100 cm³/mol. The van der Waals surface area contributed by atoms with Gasteiger partial charge in [0, 0.05) is 0 Å². The molecule has 0 radical (unpaired) electrons. The number of carbonyl (C=O) groups is 2. The fourth-order valence-electron chi connectivity index (χ4n) is 2.10. The third-order valence-electron chi connectivity index (χ3n) is 3.43. The van der Waals surface area contributed by atoms with Crippen molar-refractivity contribution < 1.29 is 36.6 Å². The first kappa shape index (κ1) is 21.6. The number of methoxy groups -OCH3 is 2. The summed E-state index contributed by atoms with van der Waals surface area (Å²) in [6.07, 6.45) is 0. The molecule has 0 fully saturated rings. The Morgan fingerprint density at radius 3 is 2.29 bits per heavy atom. The average molecular weight is 476 g/mol. The molecule has 0 bridgehead atoms. The second-order valence-corrected chi connectivity index (χ2v) is 7.75. The predicted octanol–water partition coefficient (Wildman–Crippen LogP) is 2.73. The number of hydrogen-bond acceptors (Lipinski definition) is 7. The van der Waals surface area contributed by atoms with Crippen molar-refractivity contribution in [2.24, 2.45) is 0 Å². The zero-order chi connectivity index (χ0) is 20.9. The fourth-order valence-corrected chi connectivity index (χ4v) is 3.61. The molecule has 28 heavy (non-hydrogen) atoms. The van der Waals surface area contributed by atoms with Gasteiger partial charge in [0.1, 0.15) is 11.4 Å². The Balaban J connectivity index is 2.49. The van der Waals surface area contributed by atoms with E-state index < -0.39 is 34.4 Å². The molecule has 1 N–H and O–H groups in total. The highest BCUT2D eigenvalue weighted by Crippen LogP contribution is 2.36. The van der Waals surface area contributed by atoms with Gasteiger partial charge in [0.05, 0.1) is 29.3 Å². The van der Waals surface area contributed by atoms with E-state index in [1.807, 2.05) is 0 Å². The third kappa shape index (κ3) is 4.98. The summed E-state index contributed by atoms with van der Waals surface area (Å²) in [5.74, 6) is -2.33. The fraction of sp³-hybridized carbons (Fsp3) is 0.176. The zero-order valence-electron chi connectivity index (χ0n) is 14.7. The van der Waals surface area contributed by atoms with Gasteiger partial charge in [0.2, 0.25) is 0 Å². The molecular formula is C17H15BrFNO7S. The molecule has 0 aliphatic rings. The number of carbonyl (C=O) groups excluding carboxylic acids is 2. The van der Waals surface area contributed by atoms with Gasteiger partial charge in [-0.25, -0.2) is 22.4 Å². The van der Waals surface area contributed by atoms with Gasteiger partial charge >= 0.3 is 11.9 Å². The molecule has 2 aromatic carbocycles. The Labute approximate surface area is 168 Å². The van der Waals surface area contributed by atoms with Crippen molar-refractivity contribution in [3.05, 3.63) is 52.3 Å². The summed E-state index contributed by atoms with van der Waals surface area (Å²) in [7, 11) is -1.88. The van der Waals surface area contributed by atoms with Gasteiger partial charge in [-0.3, -0.25) is 4.72 Å². The summed E-state index contributed by atoms with van der Waals surface area (Å²) >= 11 is 3.18. The maximum absolute atomic E-state index is 13.1. The van der Waals surface area contributed by atoms with Crippen LogP contribution in [0.25, 0.3) is 0 Å². The summed E-state index contributed by atoms with van der Waals surface area (Å²) < 4.78 is 55.2. The van der Waals surface area contributed by atoms with Crippen LogP contribution in [0.1, 0.15) is 10.4 Å². The highest BCUT2D eigenvalue weighted by molar-refractivity contribution is 9.10. The molecule has 0 unspecified atom stereocenters. The van der Waals surface area contributed by atoms with Gasteiger partial charge in [-0.05, 0) is 52.3 Å². The lowest BCUT2D eigenvalue weighted by molar-refractivity contribution is -0.142. The van der Waals surface area contributed by atoms with E-state index >= 15 is 0 Å². The van der Waals surface area contributed by atoms with Crippen LogP contribution in [0.4, 0.5) is 10.1 Å². The van der Waals surface area contributed by atoms with Crippen molar-refractivity contribution in [1.82, 2.24) is 0 Å². The van der Waals surface area contributed by atoms with E-state index in [4.69, 9.17) is 9.47 Å². The molecule has 0 amide bonds. The second-order valence-electron chi connectivity index (χ2n) is 5.21. The van der Waals surface area contributed by atoms with Crippen LogP contribution in [0.2, 0.25) is 0 Å². The minimum atomic E-state index is -4.15. The number of halogens is 2. The molecule has 2 aromatic rings. The van der Waals surface area contributed by atoms with Gasteiger partial charge in [-0.1, -0.05) is 0 Å². The lowest BCUT2D eigenvalue weighted by atomic mass is 10.1. The number of ether oxygens (including phenoxy) is 3. The molecule has 0 aliphatic carbocycles. The van der Waals surface area contributed by atoms with E-state index in [0.29, 0.717) is 0 Å². The highest BCUT2D eigenvalue weighted by Gasteiger charge is 2.25. The minimum Gasteiger partial charge on any atom is -0.480 e. The van der Waals surface area contributed by atoms with E-state index in [9.17, 15) is 22.4 Å². The lowest BCUT2D eigenvalue weighted by Gasteiger charge is -2.16. The summed E-state index contributed by atoms with van der Waals surface area (Å²) in [6, 6.07) is 6.85. The topological polar surface area (TPSA) is 108 Å². The largest absolute Gasteiger partial charge is 0.480 e. The smallest absolute Gasteiger partial charge is 0.343 e. The molecule has 150 valence electrons. The van der Waals surface area contributed by atoms with Gasteiger partial charge in [-0.2, -0.15) is 0 Å². The molecule has 2 rings (SSSR count). The number of hydrogen-bond donors (Lipinski definition) is 1. The molecule has 11 heteroatoms. The maximum Gasteiger partial charge on any atom is 0.343 e. The standard InChI is InChI=1S/C17H15BrFNO7S/c1-25-14(21)9-27-16-12(18)7-8-13(15(16)17(22)26-2)20-28(23,24)11-5-3-10(19)4-6-11/h3-8,20H,9H2,1-2H3. The van der Waals surface area contributed by atoms with E-state index in [1.165, 1.54) is 12.1 Å². The molecule has 0 aromatic heterocycles. The lowest BCUT2D eigenvalue weighted by Crippen LogP contribution is -2.19. The van der Waals surface area contributed by atoms with E-state index in [1.54, 1.807) is 0 Å². The van der Waals surface area contributed by atoms with Crippen LogP contribution in [0.3, 0.4) is 0 Å². The molecular weight excluding hydrogens is 461 g/mol. The molecule has 0 atom stereocenters. The Morgan fingerprint density at radius 2 is 1.71 bits per heavy atom. The molecule has 8 nitrogen and oxygen atoms in total. The van der Waals surface area contributed by atoms with Crippen LogP contribution < -0.4 is 9.46 Å². The number of sulfonamides is 1. The van der Waals surface area contributed by atoms with Crippen LogP contribution in [0, 0.1) is 5.82 Å². The summed E-state index contributed by atoms with van der Waals surface area (Å²) in [6.45, 7) is -0.521. The van der Waals surface area contributed by atoms with E-state index in [0.717, 1.165) is 38.5 Å². The first-order valence-electron chi connectivity index (χ1n) is 7.58. The van der Waals surface area contributed by atoms with Crippen molar-refractivity contribution in [1.29, 1.82) is 0 Å². The Hall–Kier alpha value is -2.66. The molecule has 0 aliphatic heterocycles. The highest BCUT2D eigenvalue weighted by atomic mass is 79.9. The van der Waals surface area contributed by atoms with Crippen molar-refractivity contribution in [2.75, 3.05) is 25.5 Å². The van der Waals surface area contributed by atoms with Crippen LogP contribution in [-0.2, 0) is 24.3 Å². The van der Waals surface area contributed by atoms with Crippen LogP contribution in [0.15, 0.2) is 45.8 Å². The zero-order valence-corrected chi connectivity index (χ0v) is 17.1. The first-order valence-corrected chi connectivity index (χ1v) is 9.86. The number of benzene rings is 2. The summed E-state index contributed by atoms with van der Waals surface area (Å²) in [5.41, 5.74) is -0.411. The average Bonchev–Trinajstić information content (AvgIpc) is 2.67. The SMILES string of the molecule is COC(=O)COc1c(Br)ccc(NS(=O)(=O)c2ccc(F)cc2)c1C(=O)OC. The number of anilines is 1. The monoisotopic (exact) mass is 475 g/mol. The van der Waals surface area contributed by atoms with E-state index in [2.05, 4.69) is 25.4 Å². The molecule has 0 saturated carbocycles. The Kier molecular flexibility index (Phi) is 6.97. The minimum absolute atomic E-state index is 0.114. The van der Waals surface area contributed by atoms with Gasteiger partial charge in [-0.15, -0.1) is 0 Å². The number of nitrogens with one attached hydrogen (secondary N) is 1. The Morgan fingerprint density at radius 1 is 1.07 bits per heavy atom. The van der Waals surface area contributed by atoms with Crippen LogP contribution in [-0.4, -0.2) is 41.2 Å². The van der Waals surface area contributed by atoms with Crippen molar-refractivity contribution in [3.63, 3.8) is 0 Å². The molecule has 0 heterocycles. The summed E-state index contributed by atoms with van der Waals surface area (Å²) in [5, 5.41) is 0. The quantitative estimate of drug-likeness (QED) is 0.613. The van der Waals surface area contributed by atoms with Crippen LogP contribution >= 0.6 is 15.9 Å².